The number of rotatable bonds is 6. The van der Waals surface area contributed by atoms with E-state index in [2.05, 4.69) is 20.9 Å². The molecular weight excluding hydrogens is 467 g/mol. The molecule has 0 radical (unpaired) electrons. The number of nitrogens with zero attached hydrogens (tertiary/aromatic N) is 4. The number of benzene rings is 3. The first-order chi connectivity index (χ1) is 18.1. The Balaban J connectivity index is 1.30. The molecular formula is C30H27FN4O2. The molecule has 0 bridgehead atoms. The van der Waals surface area contributed by atoms with E-state index >= 15 is 4.39 Å². The lowest BCUT2D eigenvalue weighted by molar-refractivity contribution is 0.0952. The van der Waals surface area contributed by atoms with Crippen LogP contribution in [-0.2, 0) is 6.54 Å². The summed E-state index contributed by atoms with van der Waals surface area (Å²) in [7, 11) is 1.60. The summed E-state index contributed by atoms with van der Waals surface area (Å²) < 4.78 is 22.5. The molecule has 2 aliphatic heterocycles. The molecule has 0 amide bonds. The average molecular weight is 495 g/mol. The predicted molar refractivity (Wildman–Crippen MR) is 141 cm³/mol. The van der Waals surface area contributed by atoms with Crippen molar-refractivity contribution in [3.63, 3.8) is 0 Å². The van der Waals surface area contributed by atoms with E-state index in [1.807, 2.05) is 48.5 Å². The van der Waals surface area contributed by atoms with Gasteiger partial charge in [0.25, 0.3) is 0 Å². The lowest BCUT2D eigenvalue weighted by atomic mass is 9.93. The van der Waals surface area contributed by atoms with Gasteiger partial charge in [0.2, 0.25) is 5.78 Å². The molecule has 0 N–H and O–H groups in total. The van der Waals surface area contributed by atoms with E-state index in [-0.39, 0.29) is 11.3 Å². The lowest BCUT2D eigenvalue weighted by Gasteiger charge is -2.20. The maximum atomic E-state index is 15.6. The number of carbonyl (C=O) groups excluding carboxylic acids is 1. The van der Waals surface area contributed by atoms with E-state index in [0.717, 1.165) is 36.4 Å². The fourth-order valence-corrected chi connectivity index (χ4v) is 5.24. The minimum atomic E-state index is -0.963. The van der Waals surface area contributed by atoms with Gasteiger partial charge in [0.15, 0.2) is 0 Å². The normalized spacial score (nSPS) is 17.2. The average Bonchev–Trinajstić information content (AvgIpc) is 3.60. The Kier molecular flexibility index (Phi) is 6.14. The topological polar surface area (TPSA) is 59.7 Å². The van der Waals surface area contributed by atoms with Gasteiger partial charge in [-0.2, -0.15) is 0 Å². The molecule has 7 heteroatoms. The van der Waals surface area contributed by atoms with E-state index in [4.69, 9.17) is 4.74 Å². The number of ketones is 1. The van der Waals surface area contributed by atoms with E-state index < -0.39 is 11.9 Å². The van der Waals surface area contributed by atoms with Crippen LogP contribution in [0.5, 0.6) is 5.75 Å². The number of ether oxygens (including phenoxy) is 1. The third-order valence-electron chi connectivity index (χ3n) is 7.19. The second kappa shape index (κ2) is 9.75. The van der Waals surface area contributed by atoms with E-state index in [1.54, 1.807) is 30.3 Å². The molecule has 0 spiro atoms. The molecule has 4 aromatic rings. The second-order valence-electron chi connectivity index (χ2n) is 9.47. The van der Waals surface area contributed by atoms with Crippen LogP contribution >= 0.6 is 0 Å². The number of Topliss-reactive ketones (excluding diaryl/α,β-unsaturated/α-hetero) is 1. The van der Waals surface area contributed by atoms with Gasteiger partial charge in [0.05, 0.1) is 13.3 Å². The fourth-order valence-electron chi connectivity index (χ4n) is 5.24. The number of methoxy groups -OCH3 is 1. The maximum Gasteiger partial charge on any atom is 0.210 e. The Hall–Kier alpha value is -4.10. The highest BCUT2D eigenvalue weighted by molar-refractivity contribution is 6.08. The van der Waals surface area contributed by atoms with E-state index in [0.29, 0.717) is 17.1 Å². The summed E-state index contributed by atoms with van der Waals surface area (Å²) in [5.41, 5.74) is 4.88. The number of likely N-dealkylation sites (tertiary alicyclic amines) is 1. The summed E-state index contributed by atoms with van der Waals surface area (Å²) in [6, 6.07) is 19.6. The van der Waals surface area contributed by atoms with E-state index in [9.17, 15) is 4.79 Å². The Morgan fingerprint density at radius 3 is 2.57 bits per heavy atom. The van der Waals surface area contributed by atoms with Gasteiger partial charge in [-0.05, 0) is 73.0 Å². The Morgan fingerprint density at radius 1 is 1.03 bits per heavy atom. The van der Waals surface area contributed by atoms with Crippen molar-refractivity contribution in [1.29, 1.82) is 0 Å². The molecule has 0 saturated carbocycles. The van der Waals surface area contributed by atoms with Gasteiger partial charge in [0.1, 0.15) is 35.3 Å². The summed E-state index contributed by atoms with van der Waals surface area (Å²) in [6.07, 6.45) is 5.59. The first-order valence-corrected chi connectivity index (χ1v) is 12.5. The minimum Gasteiger partial charge on any atom is -0.497 e. The maximum absolute atomic E-state index is 15.6. The summed E-state index contributed by atoms with van der Waals surface area (Å²) in [6.45, 7) is 3.04. The largest absolute Gasteiger partial charge is 0.497 e. The number of imidazole rings is 1. The number of hydrogen-bond acceptors (Lipinski definition) is 5. The number of aliphatic imine (C=N–C) groups is 1. The highest BCUT2D eigenvalue weighted by Gasteiger charge is 2.32. The van der Waals surface area contributed by atoms with Gasteiger partial charge < -0.3 is 4.74 Å². The lowest BCUT2D eigenvalue weighted by Crippen LogP contribution is -2.21. The first-order valence-electron chi connectivity index (χ1n) is 12.5. The predicted octanol–water partition coefficient (Wildman–Crippen LogP) is 5.64. The molecule has 2 aliphatic rings. The third kappa shape index (κ3) is 4.36. The highest BCUT2D eigenvalue weighted by Crippen LogP contribution is 2.34. The van der Waals surface area contributed by atoms with Crippen LogP contribution in [0, 0.1) is 5.82 Å². The molecule has 1 atom stereocenters. The van der Waals surface area contributed by atoms with Crippen LogP contribution in [0.15, 0.2) is 78.0 Å². The SMILES string of the molecule is COc1ccc(-n2cnc3c2C(=O)C(c2ccc(-c4ccccc4CN4CCCC4)cc2F)N=C3)cc1. The quantitative estimate of drug-likeness (QED) is 0.348. The van der Waals surface area contributed by atoms with Crippen molar-refractivity contribution in [2.75, 3.05) is 20.2 Å². The summed E-state index contributed by atoms with van der Waals surface area (Å²) in [5, 5.41) is 0. The van der Waals surface area contributed by atoms with Crippen LogP contribution in [0.3, 0.4) is 0 Å². The molecule has 1 aromatic heterocycles. The Labute approximate surface area is 215 Å². The van der Waals surface area contributed by atoms with Crippen molar-refractivity contribution in [3.8, 4) is 22.6 Å². The molecule has 1 unspecified atom stereocenters. The summed E-state index contributed by atoms with van der Waals surface area (Å²) in [4.78, 5) is 24.7. The molecule has 1 saturated heterocycles. The van der Waals surface area contributed by atoms with Gasteiger partial charge in [-0.1, -0.05) is 36.4 Å². The van der Waals surface area contributed by atoms with Crippen LogP contribution in [-0.4, -0.2) is 46.6 Å². The van der Waals surface area contributed by atoms with Crippen molar-refractivity contribution >= 4 is 12.0 Å². The zero-order valence-corrected chi connectivity index (χ0v) is 20.6. The van der Waals surface area contributed by atoms with Crippen molar-refractivity contribution in [3.05, 3.63) is 101 Å². The number of hydrogen-bond donors (Lipinski definition) is 0. The van der Waals surface area contributed by atoms with Crippen LogP contribution in [0.1, 0.15) is 46.2 Å². The van der Waals surface area contributed by atoms with Crippen LogP contribution < -0.4 is 4.74 Å². The number of aromatic nitrogens is 2. The molecule has 1 fully saturated rings. The Morgan fingerprint density at radius 2 is 1.81 bits per heavy atom. The minimum absolute atomic E-state index is 0.259. The van der Waals surface area contributed by atoms with Gasteiger partial charge >= 0.3 is 0 Å². The van der Waals surface area contributed by atoms with Crippen molar-refractivity contribution < 1.29 is 13.9 Å². The molecule has 3 heterocycles. The number of carbonyl (C=O) groups is 1. The van der Waals surface area contributed by atoms with Gasteiger partial charge in [-0.25, -0.2) is 9.37 Å². The van der Waals surface area contributed by atoms with Crippen molar-refractivity contribution in [2.45, 2.75) is 25.4 Å². The molecule has 186 valence electrons. The number of halogens is 1. The van der Waals surface area contributed by atoms with Crippen LogP contribution in [0.4, 0.5) is 4.39 Å². The van der Waals surface area contributed by atoms with Crippen molar-refractivity contribution in [2.24, 2.45) is 4.99 Å². The summed E-state index contributed by atoms with van der Waals surface area (Å²) >= 11 is 0. The highest BCUT2D eigenvalue weighted by atomic mass is 19.1. The third-order valence-corrected chi connectivity index (χ3v) is 7.19. The van der Waals surface area contributed by atoms with Gasteiger partial charge in [-0.3, -0.25) is 19.3 Å². The molecule has 0 aliphatic carbocycles. The monoisotopic (exact) mass is 494 g/mol. The zero-order valence-electron chi connectivity index (χ0n) is 20.6. The van der Waals surface area contributed by atoms with Crippen LogP contribution in [0.25, 0.3) is 16.8 Å². The Bertz CT molecular complexity index is 1490. The molecule has 3 aromatic carbocycles. The number of fused-ring (bicyclic) bond motifs is 1. The van der Waals surface area contributed by atoms with Gasteiger partial charge in [-0.15, -0.1) is 0 Å². The van der Waals surface area contributed by atoms with Gasteiger partial charge in [0, 0.05) is 17.8 Å². The molecule has 37 heavy (non-hydrogen) atoms. The van der Waals surface area contributed by atoms with Crippen LogP contribution in [0.2, 0.25) is 0 Å². The standard InChI is InChI=1S/C30H27FN4O2/c1-37-23-11-9-22(10-12-23)35-19-33-27-17-32-28(30(36)29(27)35)25-13-8-20(16-26(25)31)24-7-3-2-6-21(24)18-34-14-4-5-15-34/h2-3,6-13,16-17,19,28H,4-5,14-15,18H2,1H3. The molecule has 6 nitrogen and oxygen atoms in total. The fraction of sp³-hybridized carbons (Fsp3) is 0.233. The zero-order chi connectivity index (χ0) is 25.4. The summed E-state index contributed by atoms with van der Waals surface area (Å²) in [5.74, 6) is -0.0116. The van der Waals surface area contributed by atoms with E-state index in [1.165, 1.54) is 24.5 Å². The molecule has 6 rings (SSSR count). The van der Waals surface area contributed by atoms with Crippen molar-refractivity contribution in [1.82, 2.24) is 14.5 Å². The smallest absolute Gasteiger partial charge is 0.210 e. The second-order valence-corrected chi connectivity index (χ2v) is 9.47. The first kappa shape index (κ1) is 23.3.